The fraction of sp³-hybridized carbons (Fsp3) is 0.148. The van der Waals surface area contributed by atoms with Crippen LogP contribution in [0.4, 0.5) is 15.9 Å². The van der Waals surface area contributed by atoms with Crippen LogP contribution in [-0.2, 0) is 21.7 Å². The van der Waals surface area contributed by atoms with Gasteiger partial charge in [0.25, 0.3) is 0 Å². The molecule has 0 bridgehead atoms. The van der Waals surface area contributed by atoms with E-state index in [2.05, 4.69) is 15.3 Å². The van der Waals surface area contributed by atoms with E-state index in [-0.39, 0.29) is 12.4 Å². The Balaban J connectivity index is 1.37. The van der Waals surface area contributed by atoms with Crippen molar-refractivity contribution < 1.29 is 18.7 Å². The molecule has 1 unspecified atom stereocenters. The maximum atomic E-state index is 13.4. The van der Waals surface area contributed by atoms with Crippen LogP contribution in [0, 0.1) is 5.82 Å². The molecule has 2 heterocycles. The SMILES string of the molecule is CC1(c2ccc3ncnc(Nc4ccc(OCc5cccc(F)c5)c(Cl)c4)c3c2)CC=C(C=O)O1. The van der Waals surface area contributed by atoms with Gasteiger partial charge in [-0.3, -0.25) is 4.79 Å². The molecule has 1 aliphatic rings. The molecule has 35 heavy (non-hydrogen) atoms. The van der Waals surface area contributed by atoms with Gasteiger partial charge < -0.3 is 14.8 Å². The summed E-state index contributed by atoms with van der Waals surface area (Å²) in [4.78, 5) is 19.9. The number of fused-ring (bicyclic) bond motifs is 1. The topological polar surface area (TPSA) is 73.3 Å². The molecule has 1 N–H and O–H groups in total. The van der Waals surface area contributed by atoms with Crippen molar-refractivity contribution in [2.45, 2.75) is 25.6 Å². The van der Waals surface area contributed by atoms with Gasteiger partial charge in [0.2, 0.25) is 0 Å². The van der Waals surface area contributed by atoms with Crippen LogP contribution in [0.1, 0.15) is 24.5 Å². The number of hydrogen-bond donors (Lipinski definition) is 1. The number of aldehydes is 1. The van der Waals surface area contributed by atoms with E-state index in [1.807, 2.05) is 31.2 Å². The lowest BCUT2D eigenvalue weighted by Gasteiger charge is -2.25. The Hall–Kier alpha value is -3.97. The van der Waals surface area contributed by atoms with Crippen LogP contribution in [-0.4, -0.2) is 16.3 Å². The maximum Gasteiger partial charge on any atom is 0.184 e. The van der Waals surface area contributed by atoms with Crippen molar-refractivity contribution in [1.29, 1.82) is 0 Å². The van der Waals surface area contributed by atoms with Crippen LogP contribution < -0.4 is 10.1 Å². The van der Waals surface area contributed by atoms with Crippen LogP contribution in [0.5, 0.6) is 5.75 Å². The summed E-state index contributed by atoms with van der Waals surface area (Å²) in [6.45, 7) is 2.14. The number of ether oxygens (including phenoxy) is 2. The molecule has 176 valence electrons. The monoisotopic (exact) mass is 489 g/mol. The third-order valence-electron chi connectivity index (χ3n) is 5.88. The van der Waals surface area contributed by atoms with Crippen molar-refractivity contribution in [2.24, 2.45) is 0 Å². The van der Waals surface area contributed by atoms with Crippen molar-refractivity contribution in [2.75, 3.05) is 5.32 Å². The number of aromatic nitrogens is 2. The Morgan fingerprint density at radius 1 is 1.17 bits per heavy atom. The summed E-state index contributed by atoms with van der Waals surface area (Å²) in [6, 6.07) is 17.4. The van der Waals surface area contributed by atoms with Gasteiger partial charge in [0.1, 0.15) is 35.9 Å². The molecule has 6 nitrogen and oxygen atoms in total. The standard InChI is InChI=1S/C27H21ClFN3O3/c1-27(10-9-21(14-33)35-27)18-5-7-24-22(12-18)26(31-16-30-24)32-20-6-8-25(23(28)13-20)34-15-17-3-2-4-19(29)11-17/h2-9,11-14,16H,10,15H2,1H3,(H,30,31,32). The van der Waals surface area contributed by atoms with Crippen molar-refractivity contribution in [1.82, 2.24) is 9.97 Å². The first-order valence-corrected chi connectivity index (χ1v) is 11.3. The zero-order valence-corrected chi connectivity index (χ0v) is 19.6. The Morgan fingerprint density at radius 3 is 2.83 bits per heavy atom. The first kappa shape index (κ1) is 22.8. The minimum atomic E-state index is -0.637. The fourth-order valence-electron chi connectivity index (χ4n) is 3.99. The van der Waals surface area contributed by atoms with Gasteiger partial charge in [-0.25, -0.2) is 14.4 Å². The summed E-state index contributed by atoms with van der Waals surface area (Å²) in [5, 5.41) is 4.51. The molecule has 0 radical (unpaired) electrons. The van der Waals surface area contributed by atoms with E-state index in [9.17, 15) is 9.18 Å². The number of anilines is 2. The third-order valence-corrected chi connectivity index (χ3v) is 6.17. The summed E-state index contributed by atoms with van der Waals surface area (Å²) in [5.41, 5.74) is 2.46. The number of carbonyl (C=O) groups is 1. The number of nitrogens with one attached hydrogen (secondary N) is 1. The van der Waals surface area contributed by atoms with Crippen molar-refractivity contribution in [3.8, 4) is 5.75 Å². The lowest BCUT2D eigenvalue weighted by Crippen LogP contribution is -2.21. The molecule has 1 aliphatic heterocycles. The number of nitrogens with zero attached hydrogens (tertiary/aromatic N) is 2. The number of benzene rings is 3. The number of halogens is 2. The molecular weight excluding hydrogens is 469 g/mol. The second-order valence-corrected chi connectivity index (χ2v) is 8.81. The summed E-state index contributed by atoms with van der Waals surface area (Å²) in [6.07, 6.45) is 4.59. The fourth-order valence-corrected chi connectivity index (χ4v) is 4.23. The zero-order valence-electron chi connectivity index (χ0n) is 18.8. The molecule has 0 saturated carbocycles. The molecule has 0 saturated heterocycles. The number of rotatable bonds is 7. The third kappa shape index (κ3) is 4.81. The normalized spacial score (nSPS) is 17.1. The highest BCUT2D eigenvalue weighted by Crippen LogP contribution is 2.39. The van der Waals surface area contributed by atoms with Crippen LogP contribution in [0.2, 0.25) is 5.02 Å². The van der Waals surface area contributed by atoms with E-state index >= 15 is 0 Å². The highest BCUT2D eigenvalue weighted by atomic mass is 35.5. The van der Waals surface area contributed by atoms with E-state index in [0.29, 0.717) is 40.0 Å². The van der Waals surface area contributed by atoms with E-state index < -0.39 is 5.60 Å². The van der Waals surface area contributed by atoms with Crippen molar-refractivity contribution in [3.05, 3.63) is 101 Å². The van der Waals surface area contributed by atoms with Crippen molar-refractivity contribution in [3.63, 3.8) is 0 Å². The summed E-state index contributed by atoms with van der Waals surface area (Å²) in [7, 11) is 0. The molecule has 1 aromatic heterocycles. The molecular formula is C27H21ClFN3O3. The van der Waals surface area contributed by atoms with E-state index in [0.717, 1.165) is 22.8 Å². The molecule has 5 rings (SSSR count). The second-order valence-electron chi connectivity index (χ2n) is 8.40. The van der Waals surface area contributed by atoms with Gasteiger partial charge in [0.15, 0.2) is 12.0 Å². The predicted octanol–water partition coefficient (Wildman–Crippen LogP) is 6.46. The minimum absolute atomic E-state index is 0.199. The van der Waals surface area contributed by atoms with Gasteiger partial charge >= 0.3 is 0 Å². The largest absolute Gasteiger partial charge is 0.487 e. The van der Waals surface area contributed by atoms with Crippen LogP contribution in [0.15, 0.2) is 78.8 Å². The van der Waals surface area contributed by atoms with E-state index in [4.69, 9.17) is 21.1 Å². The highest BCUT2D eigenvalue weighted by Gasteiger charge is 2.33. The summed E-state index contributed by atoms with van der Waals surface area (Å²) in [5.74, 6) is 1.11. The van der Waals surface area contributed by atoms with Crippen LogP contribution >= 0.6 is 11.6 Å². The summed E-state index contributed by atoms with van der Waals surface area (Å²) < 4.78 is 25.0. The average molecular weight is 490 g/mol. The summed E-state index contributed by atoms with van der Waals surface area (Å²) >= 11 is 6.45. The molecule has 0 aliphatic carbocycles. The maximum absolute atomic E-state index is 13.4. The molecule has 1 atom stereocenters. The number of hydrogen-bond acceptors (Lipinski definition) is 6. The minimum Gasteiger partial charge on any atom is -0.487 e. The van der Waals surface area contributed by atoms with Gasteiger partial charge in [-0.15, -0.1) is 0 Å². The Kier molecular flexibility index (Phi) is 6.09. The number of carbonyl (C=O) groups excluding carboxylic acids is 1. The molecule has 4 aromatic rings. The quantitative estimate of drug-likeness (QED) is 0.300. The molecule has 0 fully saturated rings. The van der Waals surface area contributed by atoms with Gasteiger partial charge in [-0.05, 0) is 66.6 Å². The molecule has 0 spiro atoms. The number of allylic oxidation sites excluding steroid dienone is 1. The van der Waals surface area contributed by atoms with Gasteiger partial charge in [-0.1, -0.05) is 29.8 Å². The Labute approximate surface area is 206 Å². The Morgan fingerprint density at radius 2 is 2.06 bits per heavy atom. The first-order chi connectivity index (χ1) is 16.9. The van der Waals surface area contributed by atoms with Crippen LogP contribution in [0.3, 0.4) is 0 Å². The predicted molar refractivity (Wildman–Crippen MR) is 132 cm³/mol. The molecule has 3 aromatic carbocycles. The van der Waals surface area contributed by atoms with Crippen LogP contribution in [0.25, 0.3) is 10.9 Å². The van der Waals surface area contributed by atoms with Crippen molar-refractivity contribution >= 4 is 40.3 Å². The van der Waals surface area contributed by atoms with Gasteiger partial charge in [0, 0.05) is 17.5 Å². The van der Waals surface area contributed by atoms with E-state index in [1.54, 1.807) is 30.3 Å². The molecule has 8 heteroatoms. The second kappa shape index (κ2) is 9.35. The Bertz CT molecular complexity index is 1460. The smallest absolute Gasteiger partial charge is 0.184 e. The lowest BCUT2D eigenvalue weighted by molar-refractivity contribution is -0.109. The highest BCUT2D eigenvalue weighted by molar-refractivity contribution is 6.32. The van der Waals surface area contributed by atoms with Gasteiger partial charge in [0.05, 0.1) is 10.5 Å². The molecule has 0 amide bonds. The first-order valence-electron chi connectivity index (χ1n) is 11.0. The average Bonchev–Trinajstić information content (AvgIpc) is 3.26. The zero-order chi connectivity index (χ0) is 24.4. The lowest BCUT2D eigenvalue weighted by atomic mass is 9.92. The van der Waals surface area contributed by atoms with E-state index in [1.165, 1.54) is 18.5 Å². The van der Waals surface area contributed by atoms with Gasteiger partial charge in [-0.2, -0.15) is 0 Å².